The third-order valence-electron chi connectivity index (χ3n) is 5.41. The maximum absolute atomic E-state index is 14.3. The second-order valence-corrected chi connectivity index (χ2v) is 7.85. The van der Waals surface area contributed by atoms with Crippen LogP contribution in [0.5, 0.6) is 5.75 Å². The van der Waals surface area contributed by atoms with Gasteiger partial charge in [-0.25, -0.2) is 0 Å². The van der Waals surface area contributed by atoms with Crippen LogP contribution in [0.4, 0.5) is 13.2 Å². The Balaban J connectivity index is 0.00000320. The Morgan fingerprint density at radius 1 is 1.27 bits per heavy atom. The van der Waals surface area contributed by atoms with Crippen LogP contribution in [0, 0.1) is 0 Å². The number of alkyl halides is 3. The molecule has 1 unspecified atom stereocenters. The number of rotatable bonds is 5. The molecule has 4 nitrogen and oxygen atoms in total. The van der Waals surface area contributed by atoms with Crippen molar-refractivity contribution >= 4 is 30.1 Å². The van der Waals surface area contributed by atoms with Crippen molar-refractivity contribution in [3.05, 3.63) is 58.7 Å². The third-order valence-corrected chi connectivity index (χ3v) is 6.17. The van der Waals surface area contributed by atoms with Gasteiger partial charge in [-0.1, -0.05) is 30.3 Å². The summed E-state index contributed by atoms with van der Waals surface area (Å²) in [5, 5.41) is 3.24. The van der Waals surface area contributed by atoms with Crippen molar-refractivity contribution in [3.8, 4) is 5.75 Å². The number of benzene rings is 2. The van der Waals surface area contributed by atoms with Gasteiger partial charge in [0.25, 0.3) is 5.91 Å². The smallest absolute Gasteiger partial charge is 0.416 e. The number of carbonyl (C=O) groups is 1. The number of nitrogens with two attached hydrogens (primary N) is 1. The largest absolute Gasteiger partial charge is 0.496 e. The molecule has 1 heterocycles. The molecule has 0 radical (unpaired) electrons. The lowest BCUT2D eigenvalue weighted by Crippen LogP contribution is -2.45. The highest BCUT2D eigenvalue weighted by atomic mass is 35.5. The fourth-order valence-corrected chi connectivity index (χ4v) is 4.83. The standard InChI is InChI=1S/C21H23F3N2O2S.ClH/c1-28-18-16(19(25)27)15(29-2)11-14(21(22,23)24)17(18)20(9-6-10-26-12-20)13-7-4-3-5-8-13;/h3-5,7-8,11,26H,6,9-10,12H2,1-2H3,(H2,25,27);1H. The number of hydrogen-bond acceptors (Lipinski definition) is 4. The molecule has 9 heteroatoms. The van der Waals surface area contributed by atoms with E-state index >= 15 is 0 Å². The van der Waals surface area contributed by atoms with Gasteiger partial charge in [0, 0.05) is 22.4 Å². The second-order valence-electron chi connectivity index (χ2n) is 7.00. The van der Waals surface area contributed by atoms with Crippen LogP contribution in [0.3, 0.4) is 0 Å². The first-order valence-corrected chi connectivity index (χ1v) is 10.4. The number of nitrogens with one attached hydrogen (secondary N) is 1. The van der Waals surface area contributed by atoms with Gasteiger partial charge in [-0.15, -0.1) is 24.2 Å². The quantitative estimate of drug-likeness (QED) is 0.639. The van der Waals surface area contributed by atoms with Crippen molar-refractivity contribution in [2.45, 2.75) is 29.3 Å². The van der Waals surface area contributed by atoms with Crippen molar-refractivity contribution in [1.29, 1.82) is 0 Å². The molecule has 2 aromatic carbocycles. The zero-order valence-electron chi connectivity index (χ0n) is 16.6. The summed E-state index contributed by atoms with van der Waals surface area (Å²) in [5.74, 6) is -0.905. The number of hydrogen-bond donors (Lipinski definition) is 2. The molecule has 3 N–H and O–H groups in total. The normalized spacial score (nSPS) is 19.1. The first kappa shape index (κ1) is 24.4. The van der Waals surface area contributed by atoms with E-state index in [1.165, 1.54) is 7.11 Å². The zero-order valence-corrected chi connectivity index (χ0v) is 18.3. The summed E-state index contributed by atoms with van der Waals surface area (Å²) >= 11 is 1.04. The fourth-order valence-electron chi connectivity index (χ4n) is 4.20. The van der Waals surface area contributed by atoms with Gasteiger partial charge in [-0.05, 0) is 37.3 Å². The van der Waals surface area contributed by atoms with E-state index in [1.807, 2.05) is 18.2 Å². The van der Waals surface area contributed by atoms with Crippen molar-refractivity contribution < 1.29 is 22.7 Å². The minimum atomic E-state index is -4.62. The minimum Gasteiger partial charge on any atom is -0.496 e. The van der Waals surface area contributed by atoms with Gasteiger partial charge in [-0.3, -0.25) is 4.79 Å². The average Bonchev–Trinajstić information content (AvgIpc) is 2.72. The number of thioether (sulfide) groups is 1. The number of ether oxygens (including phenoxy) is 1. The summed E-state index contributed by atoms with van der Waals surface area (Å²) in [5.41, 5.74) is 4.48. The summed E-state index contributed by atoms with van der Waals surface area (Å²) in [6.07, 6.45) is -1.84. The summed E-state index contributed by atoms with van der Waals surface area (Å²) in [4.78, 5) is 12.4. The average molecular weight is 461 g/mol. The summed E-state index contributed by atoms with van der Waals surface area (Å²) in [7, 11) is 1.28. The number of piperidine rings is 1. The molecule has 0 bridgehead atoms. The van der Waals surface area contributed by atoms with Crippen LogP contribution in [0.1, 0.15) is 39.9 Å². The molecular weight excluding hydrogens is 437 g/mol. The molecule has 2 aromatic rings. The first-order chi connectivity index (χ1) is 13.8. The fraction of sp³-hybridized carbons (Fsp3) is 0.381. The Morgan fingerprint density at radius 3 is 2.40 bits per heavy atom. The maximum Gasteiger partial charge on any atom is 0.416 e. The number of methoxy groups -OCH3 is 1. The van der Waals surface area contributed by atoms with Gasteiger partial charge < -0.3 is 15.8 Å². The monoisotopic (exact) mass is 460 g/mol. The Bertz CT molecular complexity index is 901. The van der Waals surface area contributed by atoms with E-state index in [2.05, 4.69) is 5.32 Å². The predicted molar refractivity (Wildman–Crippen MR) is 115 cm³/mol. The molecule has 1 atom stereocenters. The highest BCUT2D eigenvalue weighted by Crippen LogP contribution is 2.51. The van der Waals surface area contributed by atoms with Crippen LogP contribution in [0.25, 0.3) is 0 Å². The van der Waals surface area contributed by atoms with Crippen molar-refractivity contribution in [1.82, 2.24) is 5.32 Å². The van der Waals surface area contributed by atoms with E-state index in [0.717, 1.165) is 23.4 Å². The molecule has 0 spiro atoms. The lowest BCUT2D eigenvalue weighted by molar-refractivity contribution is -0.139. The van der Waals surface area contributed by atoms with Gasteiger partial charge in [0.2, 0.25) is 0 Å². The molecule has 1 saturated heterocycles. The third kappa shape index (κ3) is 4.26. The van der Waals surface area contributed by atoms with Crippen molar-refractivity contribution in [3.63, 3.8) is 0 Å². The van der Waals surface area contributed by atoms with Crippen LogP contribution in [0.15, 0.2) is 41.3 Å². The van der Waals surface area contributed by atoms with Gasteiger partial charge in [0.1, 0.15) is 5.75 Å². The molecule has 3 rings (SSSR count). The number of primary amides is 1. The van der Waals surface area contributed by atoms with E-state index in [-0.39, 0.29) is 34.2 Å². The van der Waals surface area contributed by atoms with Crippen LogP contribution in [-0.2, 0) is 11.6 Å². The first-order valence-electron chi connectivity index (χ1n) is 9.19. The molecule has 0 aliphatic carbocycles. The summed E-state index contributed by atoms with van der Waals surface area (Å²) in [6.45, 7) is 1.01. The number of halogens is 4. The van der Waals surface area contributed by atoms with Crippen LogP contribution >= 0.6 is 24.2 Å². The van der Waals surface area contributed by atoms with E-state index in [1.54, 1.807) is 18.4 Å². The van der Waals surface area contributed by atoms with Crippen LogP contribution in [0.2, 0.25) is 0 Å². The molecule has 0 saturated carbocycles. The second kappa shape index (κ2) is 9.49. The van der Waals surface area contributed by atoms with Gasteiger partial charge in [0.05, 0.1) is 18.2 Å². The number of carbonyl (C=O) groups excluding carboxylic acids is 1. The molecule has 1 aliphatic heterocycles. The topological polar surface area (TPSA) is 64.3 Å². The van der Waals surface area contributed by atoms with Gasteiger partial charge in [0.15, 0.2) is 0 Å². The molecule has 0 aromatic heterocycles. The van der Waals surface area contributed by atoms with Gasteiger partial charge in [-0.2, -0.15) is 13.2 Å². The minimum absolute atomic E-state index is 0. The SMILES string of the molecule is COc1c(C(N)=O)c(SC)cc(C(F)(F)F)c1C1(c2ccccc2)CCCNC1.Cl. The van der Waals surface area contributed by atoms with Crippen molar-refractivity contribution in [2.24, 2.45) is 5.73 Å². The zero-order chi connectivity index (χ0) is 21.2. The Kier molecular flexibility index (Phi) is 7.71. The van der Waals surface area contributed by atoms with Gasteiger partial charge >= 0.3 is 6.18 Å². The Hall–Kier alpha value is -1.90. The van der Waals surface area contributed by atoms with Crippen LogP contribution < -0.4 is 15.8 Å². The summed E-state index contributed by atoms with van der Waals surface area (Å²) < 4.78 is 48.2. The van der Waals surface area contributed by atoms with Crippen LogP contribution in [-0.4, -0.2) is 32.4 Å². The lowest BCUT2D eigenvalue weighted by Gasteiger charge is -2.41. The predicted octanol–water partition coefficient (Wildman–Crippen LogP) is 4.63. The van der Waals surface area contributed by atoms with Crippen molar-refractivity contribution in [2.75, 3.05) is 26.5 Å². The molecular formula is C21H24ClF3N2O2S. The Morgan fingerprint density at radius 2 is 1.93 bits per heavy atom. The molecule has 1 fully saturated rings. The van der Waals surface area contributed by atoms with E-state index in [0.29, 0.717) is 25.9 Å². The Labute approximate surface area is 184 Å². The number of amides is 1. The molecule has 30 heavy (non-hydrogen) atoms. The molecule has 1 aliphatic rings. The lowest BCUT2D eigenvalue weighted by atomic mass is 9.67. The highest BCUT2D eigenvalue weighted by molar-refractivity contribution is 7.98. The van der Waals surface area contributed by atoms with E-state index in [9.17, 15) is 18.0 Å². The summed E-state index contributed by atoms with van der Waals surface area (Å²) in [6, 6.07) is 10.1. The molecule has 1 amide bonds. The maximum atomic E-state index is 14.3. The van der Waals surface area contributed by atoms with E-state index < -0.39 is 23.1 Å². The highest BCUT2D eigenvalue weighted by Gasteiger charge is 2.47. The molecule has 164 valence electrons. The van der Waals surface area contributed by atoms with E-state index in [4.69, 9.17) is 10.5 Å².